The minimum atomic E-state index is -0.305. The summed E-state index contributed by atoms with van der Waals surface area (Å²) in [7, 11) is 0. The van der Waals surface area contributed by atoms with Crippen LogP contribution in [0.25, 0.3) is 11.4 Å². The molecule has 0 bridgehead atoms. The molecule has 0 aliphatic heterocycles. The number of nitrogens with zero attached hydrogens (tertiary/aromatic N) is 2. The van der Waals surface area contributed by atoms with E-state index in [-0.39, 0.29) is 6.04 Å². The fourth-order valence-corrected chi connectivity index (χ4v) is 2.49. The highest BCUT2D eigenvalue weighted by atomic mass is 79.9. The largest absolute Gasteiger partial charge is 0.337 e. The minimum absolute atomic E-state index is 0.305. The van der Waals surface area contributed by atoms with Crippen LogP contribution in [0.3, 0.4) is 0 Å². The fraction of sp³-hybridized carbons (Fsp3) is 0.125. The van der Waals surface area contributed by atoms with Crippen molar-refractivity contribution in [3.8, 4) is 11.4 Å². The SMILES string of the molecule is NC(Cc1ccccc1)c1nc(-c2cccc(Br)c2)no1. The summed E-state index contributed by atoms with van der Waals surface area (Å²) in [5.74, 6) is 1.00. The Balaban J connectivity index is 1.78. The van der Waals surface area contributed by atoms with Gasteiger partial charge in [-0.2, -0.15) is 4.98 Å². The van der Waals surface area contributed by atoms with E-state index >= 15 is 0 Å². The summed E-state index contributed by atoms with van der Waals surface area (Å²) in [4.78, 5) is 4.39. The van der Waals surface area contributed by atoms with E-state index in [0.29, 0.717) is 18.1 Å². The van der Waals surface area contributed by atoms with Crippen LogP contribution in [-0.4, -0.2) is 10.1 Å². The van der Waals surface area contributed by atoms with Crippen LogP contribution in [0.15, 0.2) is 63.6 Å². The summed E-state index contributed by atoms with van der Waals surface area (Å²) >= 11 is 3.43. The summed E-state index contributed by atoms with van der Waals surface area (Å²) in [6.07, 6.45) is 0.668. The van der Waals surface area contributed by atoms with Gasteiger partial charge in [0.2, 0.25) is 11.7 Å². The molecule has 1 heterocycles. The van der Waals surface area contributed by atoms with E-state index in [2.05, 4.69) is 26.1 Å². The number of hydrogen-bond donors (Lipinski definition) is 1. The highest BCUT2D eigenvalue weighted by Crippen LogP contribution is 2.22. The number of halogens is 1. The molecule has 0 aliphatic carbocycles. The minimum Gasteiger partial charge on any atom is -0.337 e. The second-order valence-electron chi connectivity index (χ2n) is 4.76. The number of hydrogen-bond acceptors (Lipinski definition) is 4. The van der Waals surface area contributed by atoms with Gasteiger partial charge < -0.3 is 10.3 Å². The maximum Gasteiger partial charge on any atom is 0.244 e. The van der Waals surface area contributed by atoms with Crippen LogP contribution < -0.4 is 5.73 Å². The third-order valence-electron chi connectivity index (χ3n) is 3.14. The van der Waals surface area contributed by atoms with Crippen LogP contribution >= 0.6 is 15.9 Å². The highest BCUT2D eigenvalue weighted by molar-refractivity contribution is 9.10. The average Bonchev–Trinajstić information content (AvgIpc) is 2.98. The maximum atomic E-state index is 6.14. The lowest BCUT2D eigenvalue weighted by Gasteiger charge is -2.05. The molecule has 0 radical (unpaired) electrons. The molecule has 2 aromatic carbocycles. The summed E-state index contributed by atoms with van der Waals surface area (Å²) in [5, 5.41) is 4.00. The zero-order chi connectivity index (χ0) is 14.7. The van der Waals surface area contributed by atoms with Crippen molar-refractivity contribution in [3.05, 3.63) is 70.5 Å². The van der Waals surface area contributed by atoms with Crippen LogP contribution in [0.4, 0.5) is 0 Å². The Hall–Kier alpha value is -1.98. The van der Waals surface area contributed by atoms with Crippen LogP contribution in [0.5, 0.6) is 0 Å². The zero-order valence-electron chi connectivity index (χ0n) is 11.2. The molecule has 0 aliphatic rings. The van der Waals surface area contributed by atoms with Gasteiger partial charge in [-0.1, -0.05) is 63.6 Å². The maximum absolute atomic E-state index is 6.14. The van der Waals surface area contributed by atoms with E-state index in [1.807, 2.05) is 54.6 Å². The van der Waals surface area contributed by atoms with Gasteiger partial charge in [-0.15, -0.1) is 0 Å². The molecular weight excluding hydrogens is 330 g/mol. The monoisotopic (exact) mass is 343 g/mol. The molecular formula is C16H14BrN3O. The summed E-state index contributed by atoms with van der Waals surface area (Å²) in [5.41, 5.74) is 8.18. The smallest absolute Gasteiger partial charge is 0.244 e. The predicted octanol–water partition coefficient (Wildman–Crippen LogP) is 3.74. The first-order chi connectivity index (χ1) is 10.2. The van der Waals surface area contributed by atoms with Crippen molar-refractivity contribution in [1.82, 2.24) is 10.1 Å². The van der Waals surface area contributed by atoms with Crippen molar-refractivity contribution in [1.29, 1.82) is 0 Å². The molecule has 0 spiro atoms. The molecule has 1 atom stereocenters. The highest BCUT2D eigenvalue weighted by Gasteiger charge is 2.16. The van der Waals surface area contributed by atoms with E-state index in [4.69, 9.17) is 10.3 Å². The van der Waals surface area contributed by atoms with Gasteiger partial charge in [0.1, 0.15) is 0 Å². The van der Waals surface area contributed by atoms with Gasteiger partial charge in [-0.3, -0.25) is 0 Å². The Kier molecular flexibility index (Phi) is 4.13. The van der Waals surface area contributed by atoms with Gasteiger partial charge in [0.05, 0.1) is 6.04 Å². The fourth-order valence-electron chi connectivity index (χ4n) is 2.09. The third kappa shape index (κ3) is 3.37. The van der Waals surface area contributed by atoms with E-state index < -0.39 is 0 Å². The lowest BCUT2D eigenvalue weighted by Crippen LogP contribution is -2.13. The summed E-state index contributed by atoms with van der Waals surface area (Å²) < 4.78 is 6.26. The lowest BCUT2D eigenvalue weighted by atomic mass is 10.1. The molecule has 5 heteroatoms. The molecule has 0 saturated heterocycles. The molecule has 3 rings (SSSR count). The molecule has 3 aromatic rings. The first-order valence-corrected chi connectivity index (χ1v) is 7.41. The second-order valence-corrected chi connectivity index (χ2v) is 5.68. The van der Waals surface area contributed by atoms with E-state index in [1.165, 1.54) is 0 Å². The summed E-state index contributed by atoms with van der Waals surface area (Å²) in [6.45, 7) is 0. The standard InChI is InChI=1S/C16H14BrN3O/c17-13-8-4-7-12(10-13)15-19-16(21-20-15)14(18)9-11-5-2-1-3-6-11/h1-8,10,14H,9,18H2. The van der Waals surface area contributed by atoms with Crippen molar-refractivity contribution < 1.29 is 4.52 Å². The zero-order valence-corrected chi connectivity index (χ0v) is 12.8. The molecule has 4 nitrogen and oxygen atoms in total. The van der Waals surface area contributed by atoms with E-state index in [0.717, 1.165) is 15.6 Å². The Morgan fingerprint density at radius 1 is 1.10 bits per heavy atom. The normalized spacial score (nSPS) is 12.3. The van der Waals surface area contributed by atoms with Gasteiger partial charge >= 0.3 is 0 Å². The Bertz CT molecular complexity index is 727. The number of rotatable bonds is 4. The van der Waals surface area contributed by atoms with Crippen molar-refractivity contribution in [3.63, 3.8) is 0 Å². The summed E-state index contributed by atoms with van der Waals surface area (Å²) in [6, 6.07) is 17.5. The topological polar surface area (TPSA) is 64.9 Å². The van der Waals surface area contributed by atoms with E-state index in [1.54, 1.807) is 0 Å². The van der Waals surface area contributed by atoms with Crippen molar-refractivity contribution in [2.24, 2.45) is 5.73 Å². The van der Waals surface area contributed by atoms with Gasteiger partial charge in [0.25, 0.3) is 0 Å². The Morgan fingerprint density at radius 2 is 1.90 bits per heavy atom. The average molecular weight is 344 g/mol. The molecule has 0 fully saturated rings. The molecule has 21 heavy (non-hydrogen) atoms. The number of benzene rings is 2. The van der Waals surface area contributed by atoms with Crippen molar-refractivity contribution in [2.75, 3.05) is 0 Å². The lowest BCUT2D eigenvalue weighted by molar-refractivity contribution is 0.354. The van der Waals surface area contributed by atoms with Crippen molar-refractivity contribution in [2.45, 2.75) is 12.5 Å². The van der Waals surface area contributed by atoms with Gasteiger partial charge in [-0.05, 0) is 24.1 Å². The van der Waals surface area contributed by atoms with Gasteiger partial charge in [0.15, 0.2) is 0 Å². The predicted molar refractivity (Wildman–Crippen MR) is 84.5 cm³/mol. The van der Waals surface area contributed by atoms with Crippen LogP contribution in [0.2, 0.25) is 0 Å². The van der Waals surface area contributed by atoms with Crippen molar-refractivity contribution >= 4 is 15.9 Å². The molecule has 1 unspecified atom stereocenters. The van der Waals surface area contributed by atoms with Crippen LogP contribution in [0.1, 0.15) is 17.5 Å². The van der Waals surface area contributed by atoms with Gasteiger partial charge in [-0.25, -0.2) is 0 Å². The number of nitrogens with two attached hydrogens (primary N) is 1. The molecule has 2 N–H and O–H groups in total. The molecule has 0 amide bonds. The molecule has 0 saturated carbocycles. The van der Waals surface area contributed by atoms with Gasteiger partial charge in [0, 0.05) is 10.0 Å². The first kappa shape index (κ1) is 14.0. The first-order valence-electron chi connectivity index (χ1n) is 6.61. The molecule has 106 valence electrons. The quantitative estimate of drug-likeness (QED) is 0.783. The third-order valence-corrected chi connectivity index (χ3v) is 3.63. The Labute approximate surface area is 131 Å². The number of aromatic nitrogens is 2. The molecule has 1 aromatic heterocycles. The second kappa shape index (κ2) is 6.20. The van der Waals surface area contributed by atoms with Crippen LogP contribution in [-0.2, 0) is 6.42 Å². The van der Waals surface area contributed by atoms with E-state index in [9.17, 15) is 0 Å². The Morgan fingerprint density at radius 3 is 2.67 bits per heavy atom. The van der Waals surface area contributed by atoms with Crippen LogP contribution in [0, 0.1) is 0 Å².